The summed E-state index contributed by atoms with van der Waals surface area (Å²) in [6.07, 6.45) is 3.83. The number of nitrogens with zero attached hydrogens (tertiary/aromatic N) is 1. The number of rotatable bonds is 7. The molecule has 0 aromatic carbocycles. The van der Waals surface area contributed by atoms with Crippen LogP contribution in [0.15, 0.2) is 0 Å². The van der Waals surface area contributed by atoms with Gasteiger partial charge in [-0.05, 0) is 44.2 Å². The fourth-order valence-corrected chi connectivity index (χ4v) is 3.25. The summed E-state index contributed by atoms with van der Waals surface area (Å²) in [5, 5.41) is 3.77. The average molecular weight is 258 g/mol. The highest BCUT2D eigenvalue weighted by molar-refractivity contribution is 7.99. The minimum atomic E-state index is 0.379. The number of hydrogen-bond acceptors (Lipinski definition) is 3. The zero-order valence-corrected chi connectivity index (χ0v) is 12.9. The fraction of sp³-hybridized carbons (Fsp3) is 1.00. The number of thioether (sulfide) groups is 1. The van der Waals surface area contributed by atoms with Crippen molar-refractivity contribution in [1.29, 1.82) is 0 Å². The van der Waals surface area contributed by atoms with Gasteiger partial charge in [-0.3, -0.25) is 4.90 Å². The molecule has 0 bridgehead atoms. The van der Waals surface area contributed by atoms with Crippen LogP contribution in [0.3, 0.4) is 0 Å². The van der Waals surface area contributed by atoms with E-state index in [4.69, 9.17) is 0 Å². The van der Waals surface area contributed by atoms with E-state index in [0.29, 0.717) is 11.6 Å². The smallest absolute Gasteiger partial charge is 0.0304 e. The second kappa shape index (κ2) is 7.65. The van der Waals surface area contributed by atoms with Crippen molar-refractivity contribution < 1.29 is 0 Å². The number of hydrogen-bond donors (Lipinski definition) is 1. The van der Waals surface area contributed by atoms with Gasteiger partial charge >= 0.3 is 0 Å². The van der Waals surface area contributed by atoms with E-state index < -0.39 is 0 Å². The summed E-state index contributed by atoms with van der Waals surface area (Å²) in [6.45, 7) is 12.9. The van der Waals surface area contributed by atoms with Crippen LogP contribution >= 0.6 is 11.8 Å². The molecule has 1 aliphatic heterocycles. The summed E-state index contributed by atoms with van der Waals surface area (Å²) in [4.78, 5) is 2.69. The summed E-state index contributed by atoms with van der Waals surface area (Å²) in [5.41, 5.74) is 0.379. The summed E-state index contributed by atoms with van der Waals surface area (Å²) < 4.78 is 0. The van der Waals surface area contributed by atoms with Crippen LogP contribution in [-0.2, 0) is 0 Å². The first kappa shape index (κ1) is 15.3. The van der Waals surface area contributed by atoms with Gasteiger partial charge < -0.3 is 5.32 Å². The molecule has 0 aliphatic carbocycles. The molecule has 0 spiro atoms. The third-order valence-corrected chi connectivity index (χ3v) is 5.18. The van der Waals surface area contributed by atoms with E-state index in [1.807, 2.05) is 0 Å². The topological polar surface area (TPSA) is 15.3 Å². The van der Waals surface area contributed by atoms with E-state index in [1.165, 1.54) is 43.9 Å². The van der Waals surface area contributed by atoms with Gasteiger partial charge in [-0.1, -0.05) is 20.8 Å². The van der Waals surface area contributed by atoms with E-state index in [2.05, 4.69) is 49.7 Å². The third-order valence-electron chi connectivity index (χ3n) is 4.19. The molecule has 0 aromatic rings. The van der Waals surface area contributed by atoms with Gasteiger partial charge in [0.25, 0.3) is 0 Å². The zero-order chi connectivity index (χ0) is 12.7. The van der Waals surface area contributed by atoms with E-state index >= 15 is 0 Å². The van der Waals surface area contributed by atoms with E-state index in [9.17, 15) is 0 Å². The van der Waals surface area contributed by atoms with Crippen LogP contribution in [0.5, 0.6) is 0 Å². The monoisotopic (exact) mass is 258 g/mol. The molecule has 0 saturated carbocycles. The minimum absolute atomic E-state index is 0.379. The summed E-state index contributed by atoms with van der Waals surface area (Å²) in [7, 11) is 0. The maximum atomic E-state index is 3.77. The van der Waals surface area contributed by atoms with Crippen molar-refractivity contribution in [3.63, 3.8) is 0 Å². The Morgan fingerprint density at radius 2 is 2.00 bits per heavy atom. The van der Waals surface area contributed by atoms with Crippen molar-refractivity contribution >= 4 is 11.8 Å². The zero-order valence-electron chi connectivity index (χ0n) is 12.1. The van der Waals surface area contributed by atoms with Crippen molar-refractivity contribution in [3.8, 4) is 0 Å². The average Bonchev–Trinajstić information content (AvgIpc) is 2.37. The molecule has 1 saturated heterocycles. The molecule has 1 aliphatic rings. The van der Waals surface area contributed by atoms with Gasteiger partial charge in [0.15, 0.2) is 0 Å². The van der Waals surface area contributed by atoms with Crippen LogP contribution in [0, 0.1) is 0 Å². The van der Waals surface area contributed by atoms with Gasteiger partial charge in [0.2, 0.25) is 0 Å². The second-order valence-corrected chi connectivity index (χ2v) is 6.63. The quantitative estimate of drug-likeness (QED) is 0.707. The first-order valence-electron chi connectivity index (χ1n) is 7.24. The van der Waals surface area contributed by atoms with Gasteiger partial charge in [-0.25, -0.2) is 0 Å². The second-order valence-electron chi connectivity index (χ2n) is 5.24. The van der Waals surface area contributed by atoms with Crippen LogP contribution in [-0.4, -0.2) is 47.6 Å². The lowest BCUT2D eigenvalue weighted by Crippen LogP contribution is -2.63. The number of nitrogens with one attached hydrogen (secondary N) is 1. The van der Waals surface area contributed by atoms with E-state index in [-0.39, 0.29) is 0 Å². The molecule has 1 heterocycles. The van der Waals surface area contributed by atoms with Crippen LogP contribution in [0.4, 0.5) is 0 Å². The van der Waals surface area contributed by atoms with Gasteiger partial charge in [-0.2, -0.15) is 11.8 Å². The third kappa shape index (κ3) is 4.46. The lowest BCUT2D eigenvalue weighted by Gasteiger charge is -2.46. The van der Waals surface area contributed by atoms with Gasteiger partial charge in [0.05, 0.1) is 0 Å². The first-order chi connectivity index (χ1) is 8.17. The van der Waals surface area contributed by atoms with Crippen LogP contribution in [0.2, 0.25) is 0 Å². The summed E-state index contributed by atoms with van der Waals surface area (Å²) >= 11 is 2.07. The van der Waals surface area contributed by atoms with Crippen molar-refractivity contribution in [1.82, 2.24) is 10.2 Å². The molecule has 1 atom stereocenters. The van der Waals surface area contributed by atoms with Crippen LogP contribution in [0.25, 0.3) is 0 Å². The van der Waals surface area contributed by atoms with Gasteiger partial charge in [0, 0.05) is 24.7 Å². The van der Waals surface area contributed by atoms with Crippen molar-refractivity contribution in [2.75, 3.05) is 31.1 Å². The fourth-order valence-electron chi connectivity index (χ4n) is 2.63. The summed E-state index contributed by atoms with van der Waals surface area (Å²) in [6, 6.07) is 0.702. The Bertz CT molecular complexity index is 204. The molecule has 2 nitrogen and oxygen atoms in total. The normalized spacial score (nSPS) is 25.1. The maximum Gasteiger partial charge on any atom is 0.0304 e. The van der Waals surface area contributed by atoms with Crippen LogP contribution < -0.4 is 5.32 Å². The molecule has 1 unspecified atom stereocenters. The molecular weight excluding hydrogens is 228 g/mol. The highest BCUT2D eigenvalue weighted by Gasteiger charge is 2.34. The molecule has 1 fully saturated rings. The molecular formula is C14H30N2S. The van der Waals surface area contributed by atoms with Crippen molar-refractivity contribution in [3.05, 3.63) is 0 Å². The molecule has 0 aromatic heterocycles. The SMILES string of the molecule is CCSCCCN1CC(CC)(CC)NCC1C. The minimum Gasteiger partial charge on any atom is -0.308 e. The van der Waals surface area contributed by atoms with Gasteiger partial charge in [-0.15, -0.1) is 0 Å². The highest BCUT2D eigenvalue weighted by Crippen LogP contribution is 2.22. The largest absolute Gasteiger partial charge is 0.308 e. The Morgan fingerprint density at radius 1 is 1.29 bits per heavy atom. The highest BCUT2D eigenvalue weighted by atomic mass is 32.2. The first-order valence-corrected chi connectivity index (χ1v) is 8.39. The van der Waals surface area contributed by atoms with Gasteiger partial charge in [0.1, 0.15) is 0 Å². The molecule has 3 heteroatoms. The Labute approximate surface area is 112 Å². The summed E-state index contributed by atoms with van der Waals surface area (Å²) in [5.74, 6) is 2.57. The predicted molar refractivity (Wildman–Crippen MR) is 80.0 cm³/mol. The lowest BCUT2D eigenvalue weighted by molar-refractivity contribution is 0.0813. The lowest BCUT2D eigenvalue weighted by atomic mass is 9.88. The Balaban J connectivity index is 2.40. The molecule has 0 amide bonds. The van der Waals surface area contributed by atoms with E-state index in [0.717, 1.165) is 6.54 Å². The molecule has 1 N–H and O–H groups in total. The standard InChI is InChI=1S/C14H30N2S/c1-5-14(6-2)12-16(13(4)11-15-14)9-8-10-17-7-3/h13,15H,5-12H2,1-4H3. The van der Waals surface area contributed by atoms with Crippen molar-refractivity contribution in [2.24, 2.45) is 0 Å². The number of piperazine rings is 1. The van der Waals surface area contributed by atoms with E-state index in [1.54, 1.807) is 0 Å². The molecule has 0 radical (unpaired) electrons. The predicted octanol–water partition coefficient (Wildman–Crippen LogP) is 2.98. The molecule has 102 valence electrons. The molecule has 1 rings (SSSR count). The Hall–Kier alpha value is 0.270. The van der Waals surface area contributed by atoms with Crippen molar-refractivity contribution in [2.45, 2.75) is 58.5 Å². The Morgan fingerprint density at radius 3 is 2.59 bits per heavy atom. The maximum absolute atomic E-state index is 3.77. The molecule has 17 heavy (non-hydrogen) atoms. The Kier molecular flexibility index (Phi) is 6.90. The van der Waals surface area contributed by atoms with Crippen LogP contribution in [0.1, 0.15) is 47.0 Å².